The molecule has 8 heteroatoms. The minimum atomic E-state index is 0.292. The van der Waals surface area contributed by atoms with Crippen molar-refractivity contribution in [3.63, 3.8) is 0 Å². The molecule has 150 valence electrons. The lowest BCUT2D eigenvalue weighted by Crippen LogP contribution is -2.39. The zero-order valence-electron chi connectivity index (χ0n) is 16.5. The molecule has 27 heavy (non-hydrogen) atoms. The zero-order chi connectivity index (χ0) is 19.3. The lowest BCUT2D eigenvalue weighted by atomic mass is 10.2. The van der Waals surface area contributed by atoms with Crippen LogP contribution >= 0.6 is 0 Å². The number of aliphatic imine (C=N–C) groups is 1. The summed E-state index contributed by atoms with van der Waals surface area (Å²) in [5.41, 5.74) is 0. The molecule has 1 saturated heterocycles. The summed E-state index contributed by atoms with van der Waals surface area (Å²) in [6.45, 7) is 10.4. The molecule has 1 aromatic heterocycles. The van der Waals surface area contributed by atoms with Crippen molar-refractivity contribution >= 4 is 11.9 Å². The smallest absolute Gasteiger partial charge is 0.222 e. The average molecular weight is 376 g/mol. The van der Waals surface area contributed by atoms with Crippen molar-refractivity contribution in [3.05, 3.63) is 24.8 Å². The highest BCUT2D eigenvalue weighted by molar-refractivity contribution is 5.79. The Labute approximate surface area is 162 Å². The number of hydrogen-bond donors (Lipinski definition) is 2. The van der Waals surface area contributed by atoms with Gasteiger partial charge >= 0.3 is 0 Å². The second-order valence-corrected chi connectivity index (χ2v) is 6.67. The number of aromatic nitrogens is 3. The second-order valence-electron chi connectivity index (χ2n) is 6.67. The quantitative estimate of drug-likeness (QED) is 0.279. The van der Waals surface area contributed by atoms with Gasteiger partial charge in [-0.1, -0.05) is 19.4 Å². The summed E-state index contributed by atoms with van der Waals surface area (Å²) in [7, 11) is 0. The molecule has 8 nitrogen and oxygen atoms in total. The molecule has 0 radical (unpaired) electrons. The molecular formula is C19H33N7O. The van der Waals surface area contributed by atoms with Crippen molar-refractivity contribution in [1.29, 1.82) is 0 Å². The summed E-state index contributed by atoms with van der Waals surface area (Å²) in [5, 5.41) is 14.6. The maximum absolute atomic E-state index is 12.0. The molecule has 1 aromatic rings. The standard InChI is InChI=1S/C19H33N7O/c1-3-10-20-19(22-12-15-26-16-23-24-17(26)4-2)21-11-8-14-25-13-7-5-6-9-18(25)27/h3,16H,1,4-15H2,2H3,(H2,20,21,22). The van der Waals surface area contributed by atoms with Crippen LogP contribution in [0.3, 0.4) is 0 Å². The van der Waals surface area contributed by atoms with E-state index in [4.69, 9.17) is 0 Å². The largest absolute Gasteiger partial charge is 0.355 e. The van der Waals surface area contributed by atoms with Crippen LogP contribution in [0, 0.1) is 0 Å². The van der Waals surface area contributed by atoms with E-state index in [0.717, 1.165) is 70.1 Å². The Balaban J connectivity index is 1.76. The predicted octanol–water partition coefficient (Wildman–Crippen LogP) is 1.35. The first-order valence-electron chi connectivity index (χ1n) is 10.0. The molecule has 2 N–H and O–H groups in total. The van der Waals surface area contributed by atoms with Gasteiger partial charge in [0.1, 0.15) is 12.2 Å². The van der Waals surface area contributed by atoms with Gasteiger partial charge in [0.05, 0.1) is 0 Å². The van der Waals surface area contributed by atoms with E-state index in [0.29, 0.717) is 25.4 Å². The molecule has 0 aromatic carbocycles. The highest BCUT2D eigenvalue weighted by Crippen LogP contribution is 2.11. The van der Waals surface area contributed by atoms with Gasteiger partial charge in [-0.05, 0) is 19.3 Å². The van der Waals surface area contributed by atoms with Gasteiger partial charge in [0.25, 0.3) is 0 Å². The van der Waals surface area contributed by atoms with Crippen molar-refractivity contribution in [2.24, 2.45) is 4.99 Å². The van der Waals surface area contributed by atoms with Crippen molar-refractivity contribution in [1.82, 2.24) is 30.3 Å². The Kier molecular flexibility index (Phi) is 9.37. The minimum absolute atomic E-state index is 0.292. The van der Waals surface area contributed by atoms with Gasteiger partial charge in [-0.15, -0.1) is 16.8 Å². The Bertz CT molecular complexity index is 611. The first-order valence-corrected chi connectivity index (χ1v) is 10.0. The Hall–Kier alpha value is -2.38. The molecule has 1 aliphatic heterocycles. The van der Waals surface area contributed by atoms with Crippen LogP contribution < -0.4 is 10.6 Å². The number of nitrogens with one attached hydrogen (secondary N) is 2. The molecule has 0 atom stereocenters. The van der Waals surface area contributed by atoms with Crippen LogP contribution in [0.4, 0.5) is 0 Å². The minimum Gasteiger partial charge on any atom is -0.355 e. The predicted molar refractivity (Wildman–Crippen MR) is 108 cm³/mol. The van der Waals surface area contributed by atoms with Gasteiger partial charge in [0.2, 0.25) is 5.91 Å². The number of aryl methyl sites for hydroxylation is 1. The van der Waals surface area contributed by atoms with Gasteiger partial charge in [0, 0.05) is 52.1 Å². The van der Waals surface area contributed by atoms with Crippen LogP contribution in [0.5, 0.6) is 0 Å². The maximum Gasteiger partial charge on any atom is 0.222 e. The van der Waals surface area contributed by atoms with Crippen LogP contribution in [0.2, 0.25) is 0 Å². The number of rotatable bonds is 10. The number of carbonyl (C=O) groups excluding carboxylic acids is 1. The number of nitrogens with zero attached hydrogens (tertiary/aromatic N) is 5. The SMILES string of the molecule is C=CCNC(=NCCCN1CCCCCC1=O)NCCn1cnnc1CC. The first-order chi connectivity index (χ1) is 13.2. The Morgan fingerprint density at radius 1 is 1.33 bits per heavy atom. The van der Waals surface area contributed by atoms with E-state index >= 15 is 0 Å². The molecule has 0 bridgehead atoms. The van der Waals surface area contributed by atoms with E-state index in [-0.39, 0.29) is 0 Å². The first kappa shape index (κ1) is 20.9. The fourth-order valence-corrected chi connectivity index (χ4v) is 3.10. The van der Waals surface area contributed by atoms with Crippen molar-refractivity contribution in [2.75, 3.05) is 32.7 Å². The zero-order valence-corrected chi connectivity index (χ0v) is 16.5. The average Bonchev–Trinajstić information content (AvgIpc) is 3.04. The summed E-state index contributed by atoms with van der Waals surface area (Å²) >= 11 is 0. The Morgan fingerprint density at radius 2 is 2.22 bits per heavy atom. The summed E-state index contributed by atoms with van der Waals surface area (Å²) in [6, 6.07) is 0. The van der Waals surface area contributed by atoms with Gasteiger partial charge in [-0.2, -0.15) is 0 Å². The van der Waals surface area contributed by atoms with Crippen molar-refractivity contribution in [2.45, 2.75) is 52.0 Å². The fraction of sp³-hybridized carbons (Fsp3) is 0.684. The number of likely N-dealkylation sites (tertiary alicyclic amines) is 1. The number of hydrogen-bond acceptors (Lipinski definition) is 4. The van der Waals surface area contributed by atoms with Crippen molar-refractivity contribution < 1.29 is 4.79 Å². The number of guanidine groups is 1. The molecule has 1 amide bonds. The van der Waals surface area contributed by atoms with Crippen LogP contribution in [0.1, 0.15) is 44.9 Å². The van der Waals surface area contributed by atoms with E-state index < -0.39 is 0 Å². The summed E-state index contributed by atoms with van der Waals surface area (Å²) in [4.78, 5) is 18.6. The third-order valence-corrected chi connectivity index (χ3v) is 4.60. The molecular weight excluding hydrogens is 342 g/mol. The molecule has 1 aliphatic rings. The fourth-order valence-electron chi connectivity index (χ4n) is 3.10. The van der Waals surface area contributed by atoms with Gasteiger partial charge in [-0.25, -0.2) is 0 Å². The van der Waals surface area contributed by atoms with Gasteiger partial charge in [-0.3, -0.25) is 9.79 Å². The van der Waals surface area contributed by atoms with Crippen LogP contribution in [0.25, 0.3) is 0 Å². The normalized spacial score (nSPS) is 15.5. The Morgan fingerprint density at radius 3 is 3.04 bits per heavy atom. The van der Waals surface area contributed by atoms with E-state index in [1.165, 1.54) is 0 Å². The molecule has 0 unspecified atom stereocenters. The van der Waals surface area contributed by atoms with Crippen LogP contribution in [-0.2, 0) is 17.8 Å². The van der Waals surface area contributed by atoms with E-state index in [9.17, 15) is 4.79 Å². The molecule has 0 saturated carbocycles. The summed E-state index contributed by atoms with van der Waals surface area (Å²) in [6.07, 6.45) is 9.30. The van der Waals surface area contributed by atoms with E-state index in [1.807, 2.05) is 15.5 Å². The van der Waals surface area contributed by atoms with Gasteiger partial charge < -0.3 is 20.1 Å². The second kappa shape index (κ2) is 12.1. The highest BCUT2D eigenvalue weighted by atomic mass is 16.2. The van der Waals surface area contributed by atoms with Gasteiger partial charge in [0.15, 0.2) is 5.96 Å². The van der Waals surface area contributed by atoms with E-state index in [1.54, 1.807) is 6.33 Å². The number of amides is 1. The molecule has 2 rings (SSSR count). The monoisotopic (exact) mass is 375 g/mol. The summed E-state index contributed by atoms with van der Waals surface area (Å²) in [5.74, 6) is 2.04. The maximum atomic E-state index is 12.0. The topological polar surface area (TPSA) is 87.4 Å². The summed E-state index contributed by atoms with van der Waals surface area (Å²) < 4.78 is 2.04. The van der Waals surface area contributed by atoms with E-state index in [2.05, 4.69) is 39.3 Å². The van der Waals surface area contributed by atoms with Crippen molar-refractivity contribution in [3.8, 4) is 0 Å². The third kappa shape index (κ3) is 7.40. The number of carbonyl (C=O) groups is 1. The van der Waals surface area contributed by atoms with Crippen LogP contribution in [-0.4, -0.2) is 64.3 Å². The molecule has 2 heterocycles. The lowest BCUT2D eigenvalue weighted by Gasteiger charge is -2.20. The lowest BCUT2D eigenvalue weighted by molar-refractivity contribution is -0.130. The van der Waals surface area contributed by atoms with Crippen LogP contribution in [0.15, 0.2) is 24.0 Å². The molecule has 0 aliphatic carbocycles. The highest BCUT2D eigenvalue weighted by Gasteiger charge is 2.15. The third-order valence-electron chi connectivity index (χ3n) is 4.60. The molecule has 0 spiro atoms. The molecule has 1 fully saturated rings.